The summed E-state index contributed by atoms with van der Waals surface area (Å²) < 4.78 is 15.4. The number of hydrogen-bond acceptors (Lipinski definition) is 4. The number of benzene rings is 1. The maximum atomic E-state index is 13.8. The number of halogens is 1. The Morgan fingerprint density at radius 2 is 2.10 bits per heavy atom. The number of hydrogen-bond donors (Lipinski definition) is 1. The molecule has 1 aromatic carbocycles. The Balaban J connectivity index is 2.19. The molecule has 3 rings (SSSR count). The van der Waals surface area contributed by atoms with Gasteiger partial charge in [0.05, 0.1) is 5.69 Å². The topological polar surface area (TPSA) is 55.1 Å². The minimum absolute atomic E-state index is 0.308. The second kappa shape index (κ2) is 4.88. The Morgan fingerprint density at radius 3 is 2.85 bits per heavy atom. The number of nitrogens with one attached hydrogen (secondary N) is 1. The summed E-state index contributed by atoms with van der Waals surface area (Å²) >= 11 is 0. The van der Waals surface area contributed by atoms with Crippen molar-refractivity contribution in [1.29, 1.82) is 0 Å². The summed E-state index contributed by atoms with van der Waals surface area (Å²) in [7, 11) is 0. The Kier molecular flexibility index (Phi) is 3.06. The predicted octanol–water partition coefficient (Wildman–Crippen LogP) is 2.88. The number of aromatic nitrogens is 4. The number of para-hydroxylation sites is 1. The number of aryl methyl sites for hydroxylation is 1. The maximum absolute atomic E-state index is 13.8. The molecule has 6 heteroatoms. The van der Waals surface area contributed by atoms with Gasteiger partial charge in [0.1, 0.15) is 18.0 Å². The van der Waals surface area contributed by atoms with Crippen LogP contribution >= 0.6 is 0 Å². The van der Waals surface area contributed by atoms with Gasteiger partial charge in [-0.2, -0.15) is 14.6 Å². The molecule has 0 aliphatic rings. The van der Waals surface area contributed by atoms with Gasteiger partial charge in [-0.25, -0.2) is 9.37 Å². The van der Waals surface area contributed by atoms with E-state index in [1.807, 2.05) is 13.8 Å². The first-order chi connectivity index (χ1) is 9.70. The number of nitrogens with zero attached hydrogens (tertiary/aromatic N) is 4. The van der Waals surface area contributed by atoms with Crippen molar-refractivity contribution < 1.29 is 4.39 Å². The van der Waals surface area contributed by atoms with Crippen LogP contribution in [-0.2, 0) is 6.42 Å². The highest BCUT2D eigenvalue weighted by Crippen LogP contribution is 2.25. The molecule has 0 saturated heterocycles. The lowest BCUT2D eigenvalue weighted by Gasteiger charge is -2.14. The molecule has 0 unspecified atom stereocenters. The molecule has 2 aromatic heterocycles. The fraction of sp³-hybridized carbons (Fsp3) is 0.214. The van der Waals surface area contributed by atoms with Crippen LogP contribution in [0.5, 0.6) is 0 Å². The van der Waals surface area contributed by atoms with E-state index in [1.165, 1.54) is 12.4 Å². The van der Waals surface area contributed by atoms with Gasteiger partial charge in [0.25, 0.3) is 5.78 Å². The molecule has 0 saturated carbocycles. The summed E-state index contributed by atoms with van der Waals surface area (Å²) in [5.41, 5.74) is 2.27. The van der Waals surface area contributed by atoms with E-state index >= 15 is 0 Å². The van der Waals surface area contributed by atoms with E-state index in [0.717, 1.165) is 17.7 Å². The first kappa shape index (κ1) is 12.5. The lowest BCUT2D eigenvalue weighted by molar-refractivity contribution is 0.631. The third kappa shape index (κ3) is 1.99. The van der Waals surface area contributed by atoms with Crippen LogP contribution in [0.15, 0.2) is 30.6 Å². The van der Waals surface area contributed by atoms with Gasteiger partial charge in [0, 0.05) is 11.3 Å². The quantitative estimate of drug-likeness (QED) is 0.795. The first-order valence-corrected chi connectivity index (χ1v) is 6.41. The fourth-order valence-electron chi connectivity index (χ4n) is 2.23. The second-order valence-electron chi connectivity index (χ2n) is 4.45. The van der Waals surface area contributed by atoms with Crippen LogP contribution in [0.25, 0.3) is 5.78 Å². The average Bonchev–Trinajstić information content (AvgIpc) is 2.89. The molecule has 0 radical (unpaired) electrons. The summed E-state index contributed by atoms with van der Waals surface area (Å²) in [6.07, 6.45) is 2.21. The molecular formula is C14H14FN5. The van der Waals surface area contributed by atoms with Crippen molar-refractivity contribution in [2.75, 3.05) is 5.32 Å². The van der Waals surface area contributed by atoms with Gasteiger partial charge in [-0.15, -0.1) is 0 Å². The number of anilines is 2. The molecule has 2 heterocycles. The molecule has 102 valence electrons. The van der Waals surface area contributed by atoms with Crippen LogP contribution in [0.4, 0.5) is 15.9 Å². The molecule has 0 fully saturated rings. The zero-order valence-electron chi connectivity index (χ0n) is 11.3. The third-order valence-corrected chi connectivity index (χ3v) is 3.21. The Labute approximate surface area is 115 Å². The van der Waals surface area contributed by atoms with Crippen molar-refractivity contribution in [3.05, 3.63) is 47.7 Å². The normalized spacial score (nSPS) is 10.9. The van der Waals surface area contributed by atoms with E-state index in [-0.39, 0.29) is 5.82 Å². The molecule has 0 aliphatic heterocycles. The molecule has 1 N–H and O–H groups in total. The molecule has 0 spiro atoms. The molecule has 3 aromatic rings. The smallest absolute Gasteiger partial charge is 0.254 e. The third-order valence-electron chi connectivity index (χ3n) is 3.21. The van der Waals surface area contributed by atoms with E-state index in [0.29, 0.717) is 17.3 Å². The maximum Gasteiger partial charge on any atom is 0.254 e. The van der Waals surface area contributed by atoms with E-state index < -0.39 is 0 Å². The fourth-order valence-corrected chi connectivity index (χ4v) is 2.23. The van der Waals surface area contributed by atoms with Crippen molar-refractivity contribution in [3.8, 4) is 0 Å². The van der Waals surface area contributed by atoms with Gasteiger partial charge in [0.2, 0.25) is 0 Å². The van der Waals surface area contributed by atoms with Crippen LogP contribution in [0, 0.1) is 12.7 Å². The highest BCUT2D eigenvalue weighted by atomic mass is 19.1. The predicted molar refractivity (Wildman–Crippen MR) is 74.6 cm³/mol. The Bertz CT molecular complexity index is 765. The van der Waals surface area contributed by atoms with Gasteiger partial charge < -0.3 is 5.32 Å². The SMILES string of the molecule is CCc1c(C)nc2ncnn2c1Nc1ccccc1F. The van der Waals surface area contributed by atoms with Gasteiger partial charge >= 0.3 is 0 Å². The van der Waals surface area contributed by atoms with E-state index in [2.05, 4.69) is 20.4 Å². The highest BCUT2D eigenvalue weighted by molar-refractivity contribution is 5.63. The highest BCUT2D eigenvalue weighted by Gasteiger charge is 2.14. The minimum Gasteiger partial charge on any atom is -0.337 e. The number of fused-ring (bicyclic) bond motifs is 1. The zero-order valence-corrected chi connectivity index (χ0v) is 11.3. The summed E-state index contributed by atoms with van der Waals surface area (Å²) in [6.45, 7) is 3.94. The largest absolute Gasteiger partial charge is 0.337 e. The molecule has 20 heavy (non-hydrogen) atoms. The molecule has 0 aliphatic carbocycles. The summed E-state index contributed by atoms with van der Waals surface area (Å²) in [4.78, 5) is 8.47. The van der Waals surface area contributed by atoms with Crippen molar-refractivity contribution >= 4 is 17.3 Å². The average molecular weight is 271 g/mol. The summed E-state index contributed by atoms with van der Waals surface area (Å²) in [6, 6.07) is 6.54. The molecular weight excluding hydrogens is 257 g/mol. The zero-order chi connectivity index (χ0) is 14.1. The van der Waals surface area contributed by atoms with E-state index in [4.69, 9.17) is 0 Å². The van der Waals surface area contributed by atoms with E-state index in [1.54, 1.807) is 22.7 Å². The standard InChI is InChI=1S/C14H14FN5/c1-3-10-9(2)18-14-16-8-17-20(14)13(10)19-12-7-5-4-6-11(12)15/h4-8,19H,3H2,1-2H3. The van der Waals surface area contributed by atoms with Crippen LogP contribution in [0.1, 0.15) is 18.2 Å². The van der Waals surface area contributed by atoms with Crippen LogP contribution in [0.3, 0.4) is 0 Å². The molecule has 0 atom stereocenters. The van der Waals surface area contributed by atoms with Crippen LogP contribution in [-0.4, -0.2) is 19.6 Å². The lowest BCUT2D eigenvalue weighted by Crippen LogP contribution is -2.08. The van der Waals surface area contributed by atoms with Crippen molar-refractivity contribution in [2.24, 2.45) is 0 Å². The molecule has 5 nitrogen and oxygen atoms in total. The Morgan fingerprint density at radius 1 is 1.30 bits per heavy atom. The van der Waals surface area contributed by atoms with E-state index in [9.17, 15) is 4.39 Å². The van der Waals surface area contributed by atoms with Gasteiger partial charge in [-0.3, -0.25) is 0 Å². The van der Waals surface area contributed by atoms with Gasteiger partial charge in [-0.05, 0) is 25.5 Å². The summed E-state index contributed by atoms with van der Waals surface area (Å²) in [5, 5.41) is 7.26. The summed E-state index contributed by atoms with van der Waals surface area (Å²) in [5.74, 6) is 0.897. The molecule has 0 amide bonds. The van der Waals surface area contributed by atoms with Crippen LogP contribution < -0.4 is 5.32 Å². The van der Waals surface area contributed by atoms with Crippen molar-refractivity contribution in [3.63, 3.8) is 0 Å². The first-order valence-electron chi connectivity index (χ1n) is 6.41. The monoisotopic (exact) mass is 271 g/mol. The van der Waals surface area contributed by atoms with Gasteiger partial charge in [-0.1, -0.05) is 19.1 Å². The van der Waals surface area contributed by atoms with Crippen molar-refractivity contribution in [1.82, 2.24) is 19.6 Å². The van der Waals surface area contributed by atoms with Gasteiger partial charge in [0.15, 0.2) is 0 Å². The second-order valence-corrected chi connectivity index (χ2v) is 4.45. The Hall–Kier alpha value is -2.50. The lowest BCUT2D eigenvalue weighted by atomic mass is 10.1. The number of rotatable bonds is 3. The van der Waals surface area contributed by atoms with Crippen LogP contribution in [0.2, 0.25) is 0 Å². The van der Waals surface area contributed by atoms with Crippen molar-refractivity contribution in [2.45, 2.75) is 20.3 Å². The molecule has 0 bridgehead atoms. The minimum atomic E-state index is -0.308.